The van der Waals surface area contributed by atoms with E-state index >= 15 is 0 Å². The van der Waals surface area contributed by atoms with Gasteiger partial charge in [-0.3, -0.25) is 0 Å². The Hall–Kier alpha value is -0.0800. The number of rotatable bonds is 7. The Balaban J connectivity index is 1.14. The Kier molecular flexibility index (Phi) is 4.32. The number of piperidine rings is 2. The van der Waals surface area contributed by atoms with Gasteiger partial charge < -0.3 is 9.80 Å². The molecular formula is C22H40N2. The standard InChI is InChI=1S/C22H40N2/c1-21(2,3)7-6-18-19-13-23(14-20(18)19)9-8-22(4,5)15-24-11-16-10-17(16)12-24/h16-20H,6-15H2,1-5H3. The molecule has 2 saturated carbocycles. The maximum atomic E-state index is 2.78. The van der Waals surface area contributed by atoms with Crippen molar-refractivity contribution in [2.45, 2.75) is 60.3 Å². The quantitative estimate of drug-likeness (QED) is 0.683. The Labute approximate surface area is 150 Å². The fourth-order valence-electron chi connectivity index (χ4n) is 5.72. The van der Waals surface area contributed by atoms with Crippen molar-refractivity contribution in [1.29, 1.82) is 0 Å². The summed E-state index contributed by atoms with van der Waals surface area (Å²) in [4.78, 5) is 5.54. The minimum absolute atomic E-state index is 0.495. The zero-order valence-corrected chi connectivity index (χ0v) is 16.9. The van der Waals surface area contributed by atoms with Crippen LogP contribution in [0.1, 0.15) is 60.3 Å². The summed E-state index contributed by atoms with van der Waals surface area (Å²) in [6.45, 7) is 20.5. The third kappa shape index (κ3) is 4.01. The minimum Gasteiger partial charge on any atom is -0.303 e. The van der Waals surface area contributed by atoms with Gasteiger partial charge in [0.15, 0.2) is 0 Å². The average molecular weight is 333 g/mol. The molecule has 4 atom stereocenters. The second-order valence-electron chi connectivity index (χ2n) is 11.7. The zero-order valence-electron chi connectivity index (χ0n) is 16.9. The average Bonchev–Trinajstić information content (AvgIpc) is 3.22. The van der Waals surface area contributed by atoms with E-state index in [0.29, 0.717) is 10.8 Å². The molecule has 2 saturated heterocycles. The molecule has 0 bridgehead atoms. The molecule has 4 aliphatic rings. The van der Waals surface area contributed by atoms with Crippen LogP contribution in [-0.2, 0) is 0 Å². The van der Waals surface area contributed by atoms with E-state index in [0.717, 1.165) is 29.6 Å². The molecule has 0 amide bonds. The first kappa shape index (κ1) is 17.3. The highest BCUT2D eigenvalue weighted by molar-refractivity contribution is 5.05. The van der Waals surface area contributed by atoms with Crippen molar-refractivity contribution in [3.05, 3.63) is 0 Å². The van der Waals surface area contributed by atoms with Crippen LogP contribution in [0.2, 0.25) is 0 Å². The van der Waals surface area contributed by atoms with E-state index in [1.165, 1.54) is 65.0 Å². The maximum absolute atomic E-state index is 2.78. The van der Waals surface area contributed by atoms with Gasteiger partial charge in [0.25, 0.3) is 0 Å². The molecular weight excluding hydrogens is 292 g/mol. The lowest BCUT2D eigenvalue weighted by atomic mass is 9.88. The molecule has 0 spiro atoms. The van der Waals surface area contributed by atoms with E-state index in [-0.39, 0.29) is 0 Å². The van der Waals surface area contributed by atoms with Crippen LogP contribution in [0.25, 0.3) is 0 Å². The second-order valence-corrected chi connectivity index (χ2v) is 11.7. The van der Waals surface area contributed by atoms with Gasteiger partial charge in [-0.2, -0.15) is 0 Å². The maximum Gasteiger partial charge on any atom is 0.00334 e. The zero-order chi connectivity index (χ0) is 17.1. The van der Waals surface area contributed by atoms with Gasteiger partial charge in [0.05, 0.1) is 0 Å². The van der Waals surface area contributed by atoms with Crippen LogP contribution >= 0.6 is 0 Å². The predicted octanol–water partition coefficient (Wildman–Crippen LogP) is 4.36. The summed E-state index contributed by atoms with van der Waals surface area (Å²) in [7, 11) is 0. The summed E-state index contributed by atoms with van der Waals surface area (Å²) in [6, 6.07) is 0. The molecule has 4 unspecified atom stereocenters. The van der Waals surface area contributed by atoms with Gasteiger partial charge in [0, 0.05) is 32.7 Å². The van der Waals surface area contributed by atoms with Crippen molar-refractivity contribution in [3.8, 4) is 0 Å². The molecule has 24 heavy (non-hydrogen) atoms. The number of likely N-dealkylation sites (tertiary alicyclic amines) is 2. The van der Waals surface area contributed by atoms with Crippen molar-refractivity contribution < 1.29 is 0 Å². The highest BCUT2D eigenvalue weighted by atomic mass is 15.2. The SMILES string of the molecule is CC(C)(C)CCC1C2CN(CCC(C)(C)CN3CC4CC4C3)CC12. The van der Waals surface area contributed by atoms with E-state index < -0.39 is 0 Å². The molecule has 2 aliphatic carbocycles. The normalized spacial score (nSPS) is 39.1. The van der Waals surface area contributed by atoms with Crippen molar-refractivity contribution in [2.75, 3.05) is 39.3 Å². The lowest BCUT2D eigenvalue weighted by molar-refractivity contribution is 0.158. The largest absolute Gasteiger partial charge is 0.303 e. The van der Waals surface area contributed by atoms with Gasteiger partial charge in [0.2, 0.25) is 0 Å². The molecule has 2 heteroatoms. The molecule has 138 valence electrons. The van der Waals surface area contributed by atoms with E-state index in [2.05, 4.69) is 44.4 Å². The van der Waals surface area contributed by atoms with Gasteiger partial charge in [-0.15, -0.1) is 0 Å². The summed E-state index contributed by atoms with van der Waals surface area (Å²) < 4.78 is 0. The molecule has 0 radical (unpaired) electrons. The Morgan fingerprint density at radius 1 is 0.792 bits per heavy atom. The number of fused-ring (bicyclic) bond motifs is 2. The molecule has 0 aromatic carbocycles. The van der Waals surface area contributed by atoms with E-state index in [9.17, 15) is 0 Å². The molecule has 0 aromatic heterocycles. The van der Waals surface area contributed by atoms with Crippen LogP contribution in [0.4, 0.5) is 0 Å². The van der Waals surface area contributed by atoms with Gasteiger partial charge in [-0.05, 0) is 72.6 Å². The lowest BCUT2D eigenvalue weighted by Gasteiger charge is -2.33. The van der Waals surface area contributed by atoms with Crippen molar-refractivity contribution >= 4 is 0 Å². The Bertz CT molecular complexity index is 441. The number of hydrogen-bond acceptors (Lipinski definition) is 2. The van der Waals surface area contributed by atoms with Crippen LogP contribution in [0, 0.1) is 40.4 Å². The number of hydrogen-bond donors (Lipinski definition) is 0. The van der Waals surface area contributed by atoms with Gasteiger partial charge in [-0.1, -0.05) is 34.6 Å². The molecule has 0 aromatic rings. The second kappa shape index (κ2) is 5.98. The molecule has 2 nitrogen and oxygen atoms in total. The monoisotopic (exact) mass is 332 g/mol. The first-order valence-corrected chi connectivity index (χ1v) is 10.6. The minimum atomic E-state index is 0.495. The molecule has 0 N–H and O–H groups in total. The fourth-order valence-corrected chi connectivity index (χ4v) is 5.72. The van der Waals surface area contributed by atoms with Gasteiger partial charge >= 0.3 is 0 Å². The highest BCUT2D eigenvalue weighted by Gasteiger charge is 2.54. The third-order valence-electron chi connectivity index (χ3n) is 7.49. The van der Waals surface area contributed by atoms with E-state index in [1.54, 1.807) is 0 Å². The first-order chi connectivity index (χ1) is 11.2. The highest BCUT2D eigenvalue weighted by Crippen LogP contribution is 2.55. The predicted molar refractivity (Wildman–Crippen MR) is 102 cm³/mol. The van der Waals surface area contributed by atoms with Crippen molar-refractivity contribution in [3.63, 3.8) is 0 Å². The van der Waals surface area contributed by atoms with Crippen LogP contribution < -0.4 is 0 Å². The summed E-state index contributed by atoms with van der Waals surface area (Å²) in [5, 5.41) is 0. The van der Waals surface area contributed by atoms with Crippen molar-refractivity contribution in [2.24, 2.45) is 40.4 Å². The number of nitrogens with zero attached hydrogens (tertiary/aromatic N) is 2. The smallest absolute Gasteiger partial charge is 0.00334 e. The van der Waals surface area contributed by atoms with E-state index in [4.69, 9.17) is 0 Å². The third-order valence-corrected chi connectivity index (χ3v) is 7.49. The first-order valence-electron chi connectivity index (χ1n) is 10.6. The molecule has 4 rings (SSSR count). The molecule has 2 heterocycles. The van der Waals surface area contributed by atoms with E-state index in [1.807, 2.05) is 0 Å². The fraction of sp³-hybridized carbons (Fsp3) is 1.00. The van der Waals surface area contributed by atoms with Gasteiger partial charge in [0.1, 0.15) is 0 Å². The molecule has 2 aliphatic heterocycles. The Morgan fingerprint density at radius 3 is 2.00 bits per heavy atom. The van der Waals surface area contributed by atoms with Crippen LogP contribution in [0.3, 0.4) is 0 Å². The summed E-state index contributed by atoms with van der Waals surface area (Å²) >= 11 is 0. The summed E-state index contributed by atoms with van der Waals surface area (Å²) in [5.41, 5.74) is 1.02. The molecule has 4 fully saturated rings. The van der Waals surface area contributed by atoms with Gasteiger partial charge in [-0.25, -0.2) is 0 Å². The topological polar surface area (TPSA) is 6.48 Å². The van der Waals surface area contributed by atoms with Crippen LogP contribution in [0.5, 0.6) is 0 Å². The van der Waals surface area contributed by atoms with Crippen molar-refractivity contribution in [1.82, 2.24) is 9.80 Å². The van der Waals surface area contributed by atoms with Crippen LogP contribution in [-0.4, -0.2) is 49.1 Å². The summed E-state index contributed by atoms with van der Waals surface area (Å²) in [5.74, 6) is 5.35. The summed E-state index contributed by atoms with van der Waals surface area (Å²) in [6.07, 6.45) is 5.81. The Morgan fingerprint density at radius 2 is 1.42 bits per heavy atom. The lowest BCUT2D eigenvalue weighted by Crippen LogP contribution is -2.37. The van der Waals surface area contributed by atoms with Crippen LogP contribution in [0.15, 0.2) is 0 Å².